The summed E-state index contributed by atoms with van der Waals surface area (Å²) in [6.45, 7) is 4.93. The van der Waals surface area contributed by atoms with E-state index in [1.807, 2.05) is 49.5 Å². The van der Waals surface area contributed by atoms with E-state index in [2.05, 4.69) is 4.98 Å². The van der Waals surface area contributed by atoms with Crippen molar-refractivity contribution in [2.75, 3.05) is 11.9 Å². The molecule has 1 aromatic carbocycles. The molecule has 2 N–H and O–H groups in total. The molecule has 0 amide bonds. The summed E-state index contributed by atoms with van der Waals surface area (Å²) in [4.78, 5) is 17.9. The first-order valence-electron chi connectivity index (χ1n) is 8.18. The van der Waals surface area contributed by atoms with E-state index >= 15 is 0 Å². The highest BCUT2D eigenvalue weighted by atomic mass is 16.3. The molecule has 0 aliphatic carbocycles. The van der Waals surface area contributed by atoms with Crippen molar-refractivity contribution in [3.05, 3.63) is 60.1 Å². The second kappa shape index (κ2) is 8.05. The standard InChI is InChI=1S/C20H24N2O3/c1-13-8-9-17(12-21-13)16-6-5-7-18(10-16)22(4)19(14(2)23)11-20(25)15(3)24/h5-12,14-15,23-24H,1-4H3/b19-11-. The maximum absolute atomic E-state index is 11.8. The highest BCUT2D eigenvalue weighted by Crippen LogP contribution is 2.26. The maximum Gasteiger partial charge on any atom is 0.185 e. The average Bonchev–Trinajstić information content (AvgIpc) is 2.59. The quantitative estimate of drug-likeness (QED) is 0.791. The highest BCUT2D eigenvalue weighted by Gasteiger charge is 2.17. The van der Waals surface area contributed by atoms with Crippen molar-refractivity contribution >= 4 is 11.5 Å². The third-order valence-electron chi connectivity index (χ3n) is 4.00. The number of likely N-dealkylation sites (N-methyl/N-ethyl adjacent to an activating group) is 1. The fourth-order valence-electron chi connectivity index (χ4n) is 2.45. The third kappa shape index (κ3) is 4.75. The van der Waals surface area contributed by atoms with Gasteiger partial charge in [0, 0.05) is 42.0 Å². The summed E-state index contributed by atoms with van der Waals surface area (Å²) in [6.07, 6.45) is 1.15. The third-order valence-corrected chi connectivity index (χ3v) is 4.00. The Morgan fingerprint density at radius 1 is 1.12 bits per heavy atom. The SMILES string of the molecule is Cc1ccc(-c2cccc(N(C)/C(=C\C(=O)C(C)O)C(C)O)c2)cn1. The summed E-state index contributed by atoms with van der Waals surface area (Å²) in [6, 6.07) is 11.7. The molecule has 0 saturated heterocycles. The fraction of sp³-hybridized carbons (Fsp3) is 0.300. The molecule has 5 heteroatoms. The van der Waals surface area contributed by atoms with Crippen LogP contribution < -0.4 is 4.90 Å². The second-order valence-electron chi connectivity index (χ2n) is 6.12. The van der Waals surface area contributed by atoms with Crippen LogP contribution in [0.3, 0.4) is 0 Å². The first-order valence-corrected chi connectivity index (χ1v) is 8.18. The largest absolute Gasteiger partial charge is 0.387 e. The molecule has 2 unspecified atom stereocenters. The van der Waals surface area contributed by atoms with Crippen molar-refractivity contribution in [3.63, 3.8) is 0 Å². The van der Waals surface area contributed by atoms with Crippen molar-refractivity contribution < 1.29 is 15.0 Å². The Morgan fingerprint density at radius 2 is 1.84 bits per heavy atom. The minimum Gasteiger partial charge on any atom is -0.387 e. The number of anilines is 1. The number of aromatic nitrogens is 1. The van der Waals surface area contributed by atoms with Gasteiger partial charge in [-0.3, -0.25) is 9.78 Å². The number of nitrogens with zero attached hydrogens (tertiary/aromatic N) is 2. The van der Waals surface area contributed by atoms with Gasteiger partial charge in [0.05, 0.1) is 6.10 Å². The van der Waals surface area contributed by atoms with E-state index in [4.69, 9.17) is 0 Å². The number of carbonyl (C=O) groups excluding carboxylic acids is 1. The lowest BCUT2D eigenvalue weighted by molar-refractivity contribution is -0.121. The summed E-state index contributed by atoms with van der Waals surface area (Å²) in [5, 5.41) is 19.5. The number of carbonyl (C=O) groups is 1. The molecule has 2 atom stereocenters. The van der Waals surface area contributed by atoms with Crippen LogP contribution in [-0.4, -0.2) is 40.2 Å². The lowest BCUT2D eigenvalue weighted by atomic mass is 10.1. The van der Waals surface area contributed by atoms with Crippen LogP contribution in [0, 0.1) is 6.92 Å². The van der Waals surface area contributed by atoms with Crippen LogP contribution in [0.1, 0.15) is 19.5 Å². The molecule has 132 valence electrons. The zero-order chi connectivity index (χ0) is 18.6. The van der Waals surface area contributed by atoms with Gasteiger partial charge in [0.1, 0.15) is 6.10 Å². The lowest BCUT2D eigenvalue weighted by Crippen LogP contribution is -2.27. The van der Waals surface area contributed by atoms with Crippen LogP contribution in [0.5, 0.6) is 0 Å². The van der Waals surface area contributed by atoms with Gasteiger partial charge in [-0.2, -0.15) is 0 Å². The molecule has 1 aromatic heterocycles. The van der Waals surface area contributed by atoms with Gasteiger partial charge < -0.3 is 15.1 Å². The van der Waals surface area contributed by atoms with Crippen molar-refractivity contribution in [3.8, 4) is 11.1 Å². The van der Waals surface area contributed by atoms with Crippen molar-refractivity contribution in [1.82, 2.24) is 4.98 Å². The molecule has 5 nitrogen and oxygen atoms in total. The van der Waals surface area contributed by atoms with Crippen molar-refractivity contribution in [2.45, 2.75) is 33.0 Å². The van der Waals surface area contributed by atoms with Gasteiger partial charge in [0.25, 0.3) is 0 Å². The number of pyridine rings is 1. The predicted molar refractivity (Wildman–Crippen MR) is 99.3 cm³/mol. The van der Waals surface area contributed by atoms with E-state index in [0.717, 1.165) is 22.5 Å². The Balaban J connectivity index is 2.37. The van der Waals surface area contributed by atoms with Gasteiger partial charge in [-0.1, -0.05) is 18.2 Å². The van der Waals surface area contributed by atoms with E-state index in [1.165, 1.54) is 13.0 Å². The molecule has 0 aliphatic rings. The minimum atomic E-state index is -1.10. The first kappa shape index (κ1) is 18.8. The fourth-order valence-corrected chi connectivity index (χ4v) is 2.45. The zero-order valence-corrected chi connectivity index (χ0v) is 15.0. The smallest absolute Gasteiger partial charge is 0.185 e. The molecule has 25 heavy (non-hydrogen) atoms. The summed E-state index contributed by atoms with van der Waals surface area (Å²) >= 11 is 0. The van der Waals surface area contributed by atoms with Gasteiger partial charge in [0.2, 0.25) is 0 Å². The second-order valence-corrected chi connectivity index (χ2v) is 6.12. The summed E-state index contributed by atoms with van der Waals surface area (Å²) in [7, 11) is 1.78. The number of aryl methyl sites for hydroxylation is 1. The van der Waals surface area contributed by atoms with Gasteiger partial charge >= 0.3 is 0 Å². The van der Waals surface area contributed by atoms with Crippen LogP contribution in [-0.2, 0) is 4.79 Å². The molecule has 2 rings (SSSR count). The minimum absolute atomic E-state index is 0.421. The normalized spacial score (nSPS) is 14.1. The number of ketones is 1. The number of rotatable bonds is 6. The van der Waals surface area contributed by atoms with E-state index in [0.29, 0.717) is 5.70 Å². The molecule has 0 fully saturated rings. The van der Waals surface area contributed by atoms with E-state index in [9.17, 15) is 15.0 Å². The number of aliphatic hydroxyl groups excluding tert-OH is 2. The van der Waals surface area contributed by atoms with Crippen LogP contribution in [0.25, 0.3) is 11.1 Å². The molecule has 0 aliphatic heterocycles. The summed E-state index contributed by atoms with van der Waals surface area (Å²) in [5.41, 5.74) is 4.17. The van der Waals surface area contributed by atoms with E-state index < -0.39 is 18.0 Å². The Morgan fingerprint density at radius 3 is 2.40 bits per heavy atom. The molecule has 2 aromatic rings. The Hall–Kier alpha value is -2.50. The molecule has 1 heterocycles. The van der Waals surface area contributed by atoms with Crippen molar-refractivity contribution in [2.24, 2.45) is 0 Å². The topological polar surface area (TPSA) is 73.7 Å². The van der Waals surface area contributed by atoms with Gasteiger partial charge in [-0.25, -0.2) is 0 Å². The molecular weight excluding hydrogens is 316 g/mol. The monoisotopic (exact) mass is 340 g/mol. The average molecular weight is 340 g/mol. The summed E-state index contributed by atoms with van der Waals surface area (Å²) in [5.74, 6) is -0.443. The number of hydrogen-bond acceptors (Lipinski definition) is 5. The van der Waals surface area contributed by atoms with Crippen LogP contribution >= 0.6 is 0 Å². The van der Waals surface area contributed by atoms with Gasteiger partial charge in [0.15, 0.2) is 5.78 Å². The molecule has 0 bridgehead atoms. The summed E-state index contributed by atoms with van der Waals surface area (Å²) < 4.78 is 0. The predicted octanol–water partition coefficient (Wildman–Crippen LogP) is 2.71. The van der Waals surface area contributed by atoms with Gasteiger partial charge in [-0.05, 0) is 44.5 Å². The van der Waals surface area contributed by atoms with Crippen LogP contribution in [0.15, 0.2) is 54.4 Å². The lowest BCUT2D eigenvalue weighted by Gasteiger charge is -2.25. The van der Waals surface area contributed by atoms with E-state index in [-0.39, 0.29) is 0 Å². The van der Waals surface area contributed by atoms with E-state index in [1.54, 1.807) is 18.9 Å². The Kier molecular flexibility index (Phi) is 6.07. The number of benzene rings is 1. The number of aliphatic hydroxyl groups is 2. The van der Waals surface area contributed by atoms with Gasteiger partial charge in [-0.15, -0.1) is 0 Å². The Labute approximate surface area is 148 Å². The zero-order valence-electron chi connectivity index (χ0n) is 15.0. The van der Waals surface area contributed by atoms with Crippen LogP contribution in [0.4, 0.5) is 5.69 Å². The first-order chi connectivity index (χ1) is 11.8. The van der Waals surface area contributed by atoms with Crippen molar-refractivity contribution in [1.29, 1.82) is 0 Å². The Bertz CT molecular complexity index is 765. The van der Waals surface area contributed by atoms with Crippen LogP contribution in [0.2, 0.25) is 0 Å². The number of hydrogen-bond donors (Lipinski definition) is 2. The maximum atomic E-state index is 11.8. The molecule has 0 spiro atoms. The molecule has 0 radical (unpaired) electrons. The highest BCUT2D eigenvalue weighted by molar-refractivity contribution is 5.94. The molecule has 0 saturated carbocycles. The molecular formula is C20H24N2O3.